The number of amides is 1. The Hall–Kier alpha value is -1.64. The summed E-state index contributed by atoms with van der Waals surface area (Å²) in [5, 5.41) is 2.58. The van der Waals surface area contributed by atoms with E-state index in [1.165, 1.54) is 12.1 Å². The van der Waals surface area contributed by atoms with Gasteiger partial charge in [0.05, 0.1) is 11.1 Å². The van der Waals surface area contributed by atoms with Crippen molar-refractivity contribution in [2.75, 3.05) is 13.2 Å². The summed E-state index contributed by atoms with van der Waals surface area (Å²) < 4.78 is 51.0. The molecule has 0 unspecified atom stereocenters. The van der Waals surface area contributed by atoms with Crippen LogP contribution in [0.15, 0.2) is 22.7 Å². The molecule has 1 rings (SSSR count). The Balaban J connectivity index is 2.34. The molecule has 9 heteroatoms. The van der Waals surface area contributed by atoms with Gasteiger partial charge in [-0.15, -0.1) is 13.2 Å². The summed E-state index contributed by atoms with van der Waals surface area (Å²) in [6.45, 7) is 5.91. The Morgan fingerprint density at radius 3 is 2.46 bits per heavy atom. The maximum Gasteiger partial charge on any atom is 0.573 e. The van der Waals surface area contributed by atoms with Crippen molar-refractivity contribution in [2.24, 2.45) is 0 Å². The van der Waals surface area contributed by atoms with Gasteiger partial charge in [0.15, 0.2) is 0 Å². The molecule has 0 heterocycles. The first-order valence-corrected chi connectivity index (χ1v) is 7.90. The first kappa shape index (κ1) is 20.4. The van der Waals surface area contributed by atoms with E-state index in [0.717, 1.165) is 6.07 Å². The minimum Gasteiger partial charge on any atom is -0.492 e. The Kier molecular flexibility index (Phi) is 7.19. The van der Waals surface area contributed by atoms with Crippen molar-refractivity contribution in [3.05, 3.63) is 22.7 Å². The zero-order chi connectivity index (χ0) is 18.4. The van der Waals surface area contributed by atoms with Gasteiger partial charge >= 0.3 is 12.5 Å². The van der Waals surface area contributed by atoms with Crippen molar-refractivity contribution >= 4 is 22.0 Å². The molecule has 1 aromatic carbocycles. The molecule has 0 saturated heterocycles. The van der Waals surface area contributed by atoms with Crippen LogP contribution < -0.4 is 14.8 Å². The maximum atomic E-state index is 12.1. The quantitative estimate of drug-likeness (QED) is 0.690. The smallest absolute Gasteiger partial charge is 0.492 e. The summed E-state index contributed by atoms with van der Waals surface area (Å²) in [4.78, 5) is 11.4. The molecule has 0 aliphatic rings. The van der Waals surface area contributed by atoms with Gasteiger partial charge in [-0.1, -0.05) is 0 Å². The molecule has 1 N–H and O–H groups in total. The summed E-state index contributed by atoms with van der Waals surface area (Å²) >= 11 is 3.12. The average Bonchev–Trinajstić information content (AvgIpc) is 2.36. The third-order valence-electron chi connectivity index (χ3n) is 2.38. The summed E-state index contributed by atoms with van der Waals surface area (Å²) in [6.07, 6.45) is -4.75. The Morgan fingerprint density at radius 1 is 1.25 bits per heavy atom. The number of benzene rings is 1. The lowest BCUT2D eigenvalue weighted by Crippen LogP contribution is -2.33. The molecule has 0 saturated carbocycles. The van der Waals surface area contributed by atoms with E-state index >= 15 is 0 Å². The van der Waals surface area contributed by atoms with Crippen LogP contribution >= 0.6 is 15.9 Å². The molecule has 24 heavy (non-hydrogen) atoms. The van der Waals surface area contributed by atoms with Gasteiger partial charge in [0, 0.05) is 6.54 Å². The fourth-order valence-electron chi connectivity index (χ4n) is 1.55. The van der Waals surface area contributed by atoms with Crippen LogP contribution in [0.4, 0.5) is 18.0 Å². The van der Waals surface area contributed by atoms with E-state index in [0.29, 0.717) is 23.2 Å². The predicted molar refractivity (Wildman–Crippen MR) is 85.2 cm³/mol. The van der Waals surface area contributed by atoms with Crippen molar-refractivity contribution in [3.63, 3.8) is 0 Å². The summed E-state index contributed by atoms with van der Waals surface area (Å²) in [7, 11) is 0. The molecule has 5 nitrogen and oxygen atoms in total. The van der Waals surface area contributed by atoms with Crippen LogP contribution in [0.2, 0.25) is 0 Å². The number of alkyl carbamates (subject to hydrolysis) is 1. The highest BCUT2D eigenvalue weighted by Crippen LogP contribution is 2.31. The van der Waals surface area contributed by atoms with Crippen LogP contribution in [-0.4, -0.2) is 31.2 Å². The average molecular weight is 414 g/mol. The number of ether oxygens (including phenoxy) is 3. The van der Waals surface area contributed by atoms with E-state index in [1.54, 1.807) is 20.8 Å². The number of carbonyl (C=O) groups excluding carboxylic acids is 1. The Labute approximate surface area is 146 Å². The Morgan fingerprint density at radius 2 is 1.92 bits per heavy atom. The molecule has 0 bridgehead atoms. The van der Waals surface area contributed by atoms with Gasteiger partial charge in [-0.2, -0.15) is 0 Å². The second-order valence-corrected chi connectivity index (χ2v) is 6.63. The second kappa shape index (κ2) is 8.46. The van der Waals surface area contributed by atoms with Crippen molar-refractivity contribution in [1.29, 1.82) is 0 Å². The summed E-state index contributed by atoms with van der Waals surface area (Å²) in [5.41, 5.74) is -0.564. The lowest BCUT2D eigenvalue weighted by molar-refractivity contribution is -0.274. The third-order valence-corrected chi connectivity index (χ3v) is 3.00. The van der Waals surface area contributed by atoms with E-state index in [1.807, 2.05) is 0 Å². The number of alkyl halides is 3. The van der Waals surface area contributed by atoms with E-state index in [9.17, 15) is 18.0 Å². The van der Waals surface area contributed by atoms with Gasteiger partial charge in [0.1, 0.15) is 17.1 Å². The normalized spacial score (nSPS) is 11.8. The highest BCUT2D eigenvalue weighted by molar-refractivity contribution is 9.10. The van der Waals surface area contributed by atoms with Crippen LogP contribution in [0, 0.1) is 0 Å². The van der Waals surface area contributed by atoms with Gasteiger partial charge in [0.2, 0.25) is 0 Å². The van der Waals surface area contributed by atoms with Gasteiger partial charge in [-0.05, 0) is 61.3 Å². The molecule has 0 aromatic heterocycles. The topological polar surface area (TPSA) is 56.8 Å². The van der Waals surface area contributed by atoms with Crippen LogP contribution in [0.25, 0.3) is 0 Å². The molecule has 0 fully saturated rings. The molecular weight excluding hydrogens is 395 g/mol. The molecule has 1 amide bonds. The number of nitrogens with one attached hydrogen (secondary N) is 1. The fourth-order valence-corrected chi connectivity index (χ4v) is 2.03. The molecule has 0 aliphatic heterocycles. The summed E-state index contributed by atoms with van der Waals surface area (Å²) in [6, 6.07) is 3.70. The third kappa shape index (κ3) is 8.85. The van der Waals surface area contributed by atoms with Crippen molar-refractivity contribution in [1.82, 2.24) is 5.32 Å². The Bertz CT molecular complexity index is 559. The van der Waals surface area contributed by atoms with Crippen molar-refractivity contribution in [2.45, 2.75) is 39.2 Å². The van der Waals surface area contributed by atoms with E-state index in [4.69, 9.17) is 9.47 Å². The van der Waals surface area contributed by atoms with Crippen LogP contribution in [0.5, 0.6) is 11.5 Å². The second-order valence-electron chi connectivity index (χ2n) is 5.77. The summed E-state index contributed by atoms with van der Waals surface area (Å²) in [5.74, 6) is 0.0371. The number of rotatable bonds is 6. The number of hydrogen-bond donors (Lipinski definition) is 1. The van der Waals surface area contributed by atoms with Crippen molar-refractivity contribution < 1.29 is 32.2 Å². The van der Waals surface area contributed by atoms with E-state index < -0.39 is 18.1 Å². The lowest BCUT2D eigenvalue weighted by Gasteiger charge is -2.19. The molecule has 0 spiro atoms. The van der Waals surface area contributed by atoms with Gasteiger partial charge in [-0.25, -0.2) is 4.79 Å². The van der Waals surface area contributed by atoms with Crippen LogP contribution in [0.3, 0.4) is 0 Å². The largest absolute Gasteiger partial charge is 0.573 e. The number of carbonyl (C=O) groups is 1. The highest BCUT2D eigenvalue weighted by Gasteiger charge is 2.31. The van der Waals surface area contributed by atoms with Gasteiger partial charge < -0.3 is 19.5 Å². The van der Waals surface area contributed by atoms with Crippen LogP contribution in [0.1, 0.15) is 27.2 Å². The highest BCUT2D eigenvalue weighted by atomic mass is 79.9. The monoisotopic (exact) mass is 413 g/mol. The fraction of sp³-hybridized carbons (Fsp3) is 0.533. The molecule has 0 atom stereocenters. The first-order chi connectivity index (χ1) is 11.0. The van der Waals surface area contributed by atoms with Gasteiger partial charge in [-0.3, -0.25) is 0 Å². The molecular formula is C15H19BrF3NO4. The molecule has 0 aliphatic carbocycles. The SMILES string of the molecule is CC(C)(C)OC(=O)NCCCOc1ccc(OC(F)(F)F)cc1Br. The maximum absolute atomic E-state index is 12.1. The number of halogens is 4. The van der Waals surface area contributed by atoms with E-state index in [2.05, 4.69) is 26.0 Å². The van der Waals surface area contributed by atoms with E-state index in [-0.39, 0.29) is 12.4 Å². The molecule has 0 radical (unpaired) electrons. The number of hydrogen-bond acceptors (Lipinski definition) is 4. The standard InChI is InChI=1S/C15H19BrF3NO4/c1-14(2,3)24-13(21)20-7-4-8-22-12-6-5-10(9-11(12)16)23-15(17,18)19/h5-6,9H,4,7-8H2,1-3H3,(H,20,21). The zero-order valence-electron chi connectivity index (χ0n) is 13.5. The van der Waals surface area contributed by atoms with Crippen LogP contribution in [-0.2, 0) is 4.74 Å². The minimum absolute atomic E-state index is 0.272. The lowest BCUT2D eigenvalue weighted by atomic mass is 10.2. The first-order valence-electron chi connectivity index (χ1n) is 7.11. The van der Waals surface area contributed by atoms with Gasteiger partial charge in [0.25, 0.3) is 0 Å². The zero-order valence-corrected chi connectivity index (χ0v) is 15.1. The predicted octanol–water partition coefficient (Wildman–Crippen LogP) is 4.64. The molecule has 136 valence electrons. The minimum atomic E-state index is -4.74. The molecule has 1 aromatic rings. The van der Waals surface area contributed by atoms with Crippen molar-refractivity contribution in [3.8, 4) is 11.5 Å².